The largest absolute Gasteiger partial charge is 0.442 e. The van der Waals surface area contributed by atoms with Crippen LogP contribution >= 0.6 is 0 Å². The van der Waals surface area contributed by atoms with Crippen molar-refractivity contribution in [3.63, 3.8) is 0 Å². The number of H-pyrrole nitrogens is 1. The molecular weight excluding hydrogens is 330 g/mol. The normalized spacial score (nSPS) is 11.9. The number of aromatic nitrogens is 4. The fourth-order valence-electron chi connectivity index (χ4n) is 2.41. The highest BCUT2D eigenvalue weighted by atomic mass is 32.2. The predicted molar refractivity (Wildman–Crippen MR) is 87.8 cm³/mol. The van der Waals surface area contributed by atoms with Gasteiger partial charge in [0.1, 0.15) is 5.69 Å². The minimum Gasteiger partial charge on any atom is -0.442 e. The Bertz CT molecular complexity index is 909. The molecule has 8 nitrogen and oxygen atoms in total. The van der Waals surface area contributed by atoms with Crippen molar-refractivity contribution in [3.8, 4) is 11.5 Å². The quantitative estimate of drug-likeness (QED) is 0.633. The molecule has 0 unspecified atom stereocenters. The molecule has 3 aromatic heterocycles. The Morgan fingerprint density at radius 2 is 2.12 bits per heavy atom. The molecule has 3 aromatic rings. The zero-order valence-electron chi connectivity index (χ0n) is 13.5. The van der Waals surface area contributed by atoms with E-state index in [1.165, 1.54) is 6.07 Å². The summed E-state index contributed by atoms with van der Waals surface area (Å²) >= 11 is 0. The minimum absolute atomic E-state index is 0.113. The van der Waals surface area contributed by atoms with Crippen LogP contribution in [0.2, 0.25) is 0 Å². The van der Waals surface area contributed by atoms with Gasteiger partial charge in [-0.2, -0.15) is 10.2 Å². The second kappa shape index (κ2) is 6.62. The van der Waals surface area contributed by atoms with Crippen LogP contribution in [0, 0.1) is 13.8 Å². The van der Waals surface area contributed by atoms with Gasteiger partial charge in [-0.1, -0.05) is 0 Å². The van der Waals surface area contributed by atoms with Crippen molar-refractivity contribution in [2.45, 2.75) is 31.9 Å². The molecular formula is C15H19N5O3S. The summed E-state index contributed by atoms with van der Waals surface area (Å²) in [5, 5.41) is 10.8. The molecule has 0 bridgehead atoms. The first kappa shape index (κ1) is 16.5. The molecule has 0 saturated carbocycles. The van der Waals surface area contributed by atoms with Gasteiger partial charge in [0.25, 0.3) is 10.0 Å². The Morgan fingerprint density at radius 3 is 2.79 bits per heavy atom. The summed E-state index contributed by atoms with van der Waals surface area (Å²) in [6.45, 7) is 4.87. The van der Waals surface area contributed by atoms with Gasteiger partial charge in [0, 0.05) is 25.0 Å². The van der Waals surface area contributed by atoms with Crippen LogP contribution in [0.15, 0.2) is 40.0 Å². The van der Waals surface area contributed by atoms with Crippen LogP contribution in [0.1, 0.15) is 17.8 Å². The zero-order valence-corrected chi connectivity index (χ0v) is 14.3. The molecule has 3 heterocycles. The van der Waals surface area contributed by atoms with Crippen molar-refractivity contribution in [1.29, 1.82) is 0 Å². The molecule has 128 valence electrons. The number of aromatic amines is 1. The Balaban J connectivity index is 1.57. The first-order valence-electron chi connectivity index (χ1n) is 7.56. The van der Waals surface area contributed by atoms with Gasteiger partial charge in [-0.25, -0.2) is 13.1 Å². The second-order valence-electron chi connectivity index (χ2n) is 5.49. The van der Waals surface area contributed by atoms with Gasteiger partial charge in [0.05, 0.1) is 5.69 Å². The summed E-state index contributed by atoms with van der Waals surface area (Å²) in [6.07, 6.45) is 2.21. The third-order valence-corrected chi connectivity index (χ3v) is 4.89. The van der Waals surface area contributed by atoms with Crippen LogP contribution in [-0.2, 0) is 16.6 Å². The molecule has 0 aliphatic heterocycles. The van der Waals surface area contributed by atoms with E-state index in [0.717, 1.165) is 11.4 Å². The van der Waals surface area contributed by atoms with Crippen LogP contribution in [0.25, 0.3) is 11.5 Å². The first-order valence-corrected chi connectivity index (χ1v) is 9.04. The molecule has 0 amide bonds. The van der Waals surface area contributed by atoms with Crippen molar-refractivity contribution >= 4 is 10.0 Å². The number of nitrogens with one attached hydrogen (secondary N) is 2. The Kier molecular flexibility index (Phi) is 4.54. The van der Waals surface area contributed by atoms with E-state index in [1.54, 1.807) is 18.3 Å². The van der Waals surface area contributed by atoms with Crippen LogP contribution in [0.3, 0.4) is 0 Å². The van der Waals surface area contributed by atoms with Crippen LogP contribution in [-0.4, -0.2) is 34.9 Å². The SMILES string of the molecule is Cc1cc(C)n(CCCNS(=O)(=O)c2ccc(-c3ccn[nH]3)o2)n1. The molecule has 0 radical (unpaired) electrons. The number of nitrogens with zero attached hydrogens (tertiary/aromatic N) is 3. The summed E-state index contributed by atoms with van der Waals surface area (Å²) in [6, 6.07) is 6.72. The van der Waals surface area contributed by atoms with E-state index in [9.17, 15) is 8.42 Å². The first-order chi connectivity index (χ1) is 11.5. The van der Waals surface area contributed by atoms with E-state index in [1.807, 2.05) is 24.6 Å². The fourth-order valence-corrected chi connectivity index (χ4v) is 3.41. The molecule has 0 aliphatic carbocycles. The molecule has 0 aromatic carbocycles. The zero-order chi connectivity index (χ0) is 17.2. The number of hydrogen-bond donors (Lipinski definition) is 2. The number of furan rings is 1. The lowest BCUT2D eigenvalue weighted by Gasteiger charge is -2.06. The lowest BCUT2D eigenvalue weighted by atomic mass is 10.3. The number of rotatable bonds is 7. The van der Waals surface area contributed by atoms with Gasteiger partial charge >= 0.3 is 0 Å². The molecule has 9 heteroatoms. The summed E-state index contributed by atoms with van der Waals surface area (Å²) in [5.41, 5.74) is 2.64. The smallest absolute Gasteiger partial charge is 0.273 e. The molecule has 0 aliphatic rings. The molecule has 0 spiro atoms. The topological polar surface area (TPSA) is 106 Å². The fraction of sp³-hybridized carbons (Fsp3) is 0.333. The highest BCUT2D eigenvalue weighted by Gasteiger charge is 2.19. The third kappa shape index (κ3) is 3.57. The molecule has 0 fully saturated rings. The maximum Gasteiger partial charge on any atom is 0.273 e. The van der Waals surface area contributed by atoms with Gasteiger partial charge < -0.3 is 4.42 Å². The predicted octanol–water partition coefficient (Wildman–Crippen LogP) is 1.85. The van der Waals surface area contributed by atoms with E-state index < -0.39 is 10.0 Å². The molecule has 0 saturated heterocycles. The van der Waals surface area contributed by atoms with E-state index in [2.05, 4.69) is 20.0 Å². The molecule has 0 atom stereocenters. The highest BCUT2D eigenvalue weighted by molar-refractivity contribution is 7.89. The van der Waals surface area contributed by atoms with Gasteiger partial charge in [-0.3, -0.25) is 9.78 Å². The van der Waals surface area contributed by atoms with Gasteiger partial charge in [0.15, 0.2) is 5.76 Å². The monoisotopic (exact) mass is 349 g/mol. The van der Waals surface area contributed by atoms with Crippen molar-refractivity contribution in [3.05, 3.63) is 41.9 Å². The van der Waals surface area contributed by atoms with E-state index in [4.69, 9.17) is 4.42 Å². The van der Waals surface area contributed by atoms with Crippen LogP contribution in [0.4, 0.5) is 0 Å². The average Bonchev–Trinajstić information content (AvgIpc) is 3.24. The summed E-state index contributed by atoms with van der Waals surface area (Å²) in [5.74, 6) is 0.426. The Labute approximate surface area is 139 Å². The Morgan fingerprint density at radius 1 is 1.29 bits per heavy atom. The molecule has 24 heavy (non-hydrogen) atoms. The second-order valence-corrected chi connectivity index (χ2v) is 7.19. The van der Waals surface area contributed by atoms with Crippen molar-refractivity contribution in [2.75, 3.05) is 6.54 Å². The highest BCUT2D eigenvalue weighted by Crippen LogP contribution is 2.22. The lowest BCUT2D eigenvalue weighted by Crippen LogP contribution is -2.25. The van der Waals surface area contributed by atoms with Gasteiger partial charge in [-0.15, -0.1) is 0 Å². The van der Waals surface area contributed by atoms with E-state index >= 15 is 0 Å². The maximum atomic E-state index is 12.2. The van der Waals surface area contributed by atoms with Crippen LogP contribution < -0.4 is 4.72 Å². The number of aryl methyl sites for hydroxylation is 3. The van der Waals surface area contributed by atoms with Gasteiger partial charge in [-0.05, 0) is 44.5 Å². The summed E-state index contributed by atoms with van der Waals surface area (Å²) < 4.78 is 34.3. The standard InChI is InChI=1S/C15H19N5O3S/c1-11-10-12(2)20(19-11)9-3-7-17-24(21,22)15-5-4-14(23-15)13-6-8-16-18-13/h4-6,8,10,17H,3,7,9H2,1-2H3,(H,16,18). The number of hydrogen-bond acceptors (Lipinski definition) is 5. The van der Waals surface area contributed by atoms with E-state index in [-0.39, 0.29) is 5.09 Å². The minimum atomic E-state index is -3.67. The third-order valence-electron chi connectivity index (χ3n) is 3.55. The summed E-state index contributed by atoms with van der Waals surface area (Å²) in [7, 11) is -3.67. The number of sulfonamides is 1. The van der Waals surface area contributed by atoms with Crippen LogP contribution in [0.5, 0.6) is 0 Å². The Hall–Kier alpha value is -2.39. The van der Waals surface area contributed by atoms with Crippen molar-refractivity contribution in [2.24, 2.45) is 0 Å². The maximum absolute atomic E-state index is 12.2. The van der Waals surface area contributed by atoms with Gasteiger partial charge in [0.2, 0.25) is 5.09 Å². The van der Waals surface area contributed by atoms with Crippen molar-refractivity contribution in [1.82, 2.24) is 24.7 Å². The lowest BCUT2D eigenvalue weighted by molar-refractivity contribution is 0.453. The van der Waals surface area contributed by atoms with E-state index in [0.29, 0.717) is 31.0 Å². The average molecular weight is 349 g/mol. The van der Waals surface area contributed by atoms with Crippen molar-refractivity contribution < 1.29 is 12.8 Å². The molecule has 2 N–H and O–H groups in total. The summed E-state index contributed by atoms with van der Waals surface area (Å²) in [4.78, 5) is 0. The molecule has 3 rings (SSSR count).